The number of aromatic nitrogens is 4. The van der Waals surface area contributed by atoms with Crippen molar-refractivity contribution < 1.29 is 9.59 Å². The highest BCUT2D eigenvalue weighted by Crippen LogP contribution is 2.28. The molecule has 3 aromatic heterocycles. The minimum atomic E-state index is -0.474. The van der Waals surface area contributed by atoms with E-state index >= 15 is 0 Å². The second-order valence-electron chi connectivity index (χ2n) is 7.15. The lowest BCUT2D eigenvalue weighted by molar-refractivity contribution is 0.0961. The molecule has 13 heteroatoms. The standard InChI is InChI=1S/C22H18Cl2N8O2S/c1-11-5-3-7-14(23)18(11)30-21(34)15-10-26-22(35-15)29-16-9-17(28-12(2)27-16)31-32-20(33)13-6-4-8-25-19(13)24/h3-10H,1-2H3,(H,30,34)(H,32,33)(H2,26,27,28,29,31). The van der Waals surface area contributed by atoms with Gasteiger partial charge in [0.15, 0.2) is 5.13 Å². The Morgan fingerprint density at radius 2 is 1.77 bits per heavy atom. The maximum atomic E-state index is 12.7. The predicted molar refractivity (Wildman–Crippen MR) is 137 cm³/mol. The van der Waals surface area contributed by atoms with Gasteiger partial charge in [-0.15, -0.1) is 0 Å². The van der Waals surface area contributed by atoms with Crippen LogP contribution in [0.5, 0.6) is 0 Å². The molecule has 0 saturated heterocycles. The third-order valence-electron chi connectivity index (χ3n) is 4.57. The minimum absolute atomic E-state index is 0.0846. The van der Waals surface area contributed by atoms with E-state index in [4.69, 9.17) is 23.2 Å². The average molecular weight is 529 g/mol. The predicted octanol–water partition coefficient (Wildman–Crippen LogP) is 5.00. The zero-order chi connectivity index (χ0) is 24.9. The maximum absolute atomic E-state index is 12.7. The van der Waals surface area contributed by atoms with Crippen molar-refractivity contribution in [1.29, 1.82) is 0 Å². The van der Waals surface area contributed by atoms with Crippen molar-refractivity contribution >= 4 is 68.8 Å². The molecular weight excluding hydrogens is 511 g/mol. The lowest BCUT2D eigenvalue weighted by atomic mass is 10.2. The third kappa shape index (κ3) is 6.01. The van der Waals surface area contributed by atoms with Crippen molar-refractivity contribution in [2.24, 2.45) is 0 Å². The Kier molecular flexibility index (Phi) is 7.39. The second-order valence-corrected chi connectivity index (χ2v) is 8.94. The summed E-state index contributed by atoms with van der Waals surface area (Å²) in [5, 5.41) is 6.84. The molecule has 1 aromatic carbocycles. The van der Waals surface area contributed by atoms with Crippen molar-refractivity contribution in [1.82, 2.24) is 25.4 Å². The minimum Gasteiger partial charge on any atom is -0.320 e. The number of hydrogen-bond acceptors (Lipinski definition) is 9. The number of thiazole rings is 1. The summed E-state index contributed by atoms with van der Waals surface area (Å²) in [4.78, 5) is 42.1. The van der Waals surface area contributed by atoms with Gasteiger partial charge < -0.3 is 10.6 Å². The monoisotopic (exact) mass is 528 g/mol. The number of hydrazine groups is 1. The van der Waals surface area contributed by atoms with Gasteiger partial charge in [-0.3, -0.25) is 20.4 Å². The molecule has 178 valence electrons. The summed E-state index contributed by atoms with van der Waals surface area (Å²) in [6.45, 7) is 3.56. The fourth-order valence-corrected chi connectivity index (χ4v) is 4.14. The van der Waals surface area contributed by atoms with Gasteiger partial charge in [0.25, 0.3) is 11.8 Å². The van der Waals surface area contributed by atoms with Crippen LogP contribution < -0.4 is 21.5 Å². The van der Waals surface area contributed by atoms with Gasteiger partial charge >= 0.3 is 0 Å². The summed E-state index contributed by atoms with van der Waals surface area (Å²) in [5.41, 5.74) is 6.86. The first-order valence-corrected chi connectivity index (χ1v) is 11.7. The molecule has 35 heavy (non-hydrogen) atoms. The summed E-state index contributed by atoms with van der Waals surface area (Å²) >= 11 is 13.3. The number of rotatable bonds is 7. The van der Waals surface area contributed by atoms with E-state index in [2.05, 4.69) is 41.4 Å². The number of hydrogen-bond donors (Lipinski definition) is 4. The van der Waals surface area contributed by atoms with Crippen molar-refractivity contribution in [3.63, 3.8) is 0 Å². The molecule has 3 heterocycles. The van der Waals surface area contributed by atoms with Crippen LogP contribution >= 0.6 is 34.5 Å². The lowest BCUT2D eigenvalue weighted by Gasteiger charge is -2.10. The van der Waals surface area contributed by atoms with E-state index in [-0.39, 0.29) is 16.6 Å². The van der Waals surface area contributed by atoms with Crippen LogP contribution in [0.1, 0.15) is 31.4 Å². The number of halogens is 2. The summed E-state index contributed by atoms with van der Waals surface area (Å²) in [7, 11) is 0. The number of amides is 2. The van der Waals surface area contributed by atoms with Crippen LogP contribution in [0.25, 0.3) is 0 Å². The zero-order valence-electron chi connectivity index (χ0n) is 18.4. The van der Waals surface area contributed by atoms with Crippen LogP contribution in [0.3, 0.4) is 0 Å². The molecular formula is C22H18Cl2N8O2S. The number of carbonyl (C=O) groups excluding carboxylic acids is 2. The molecule has 0 atom stereocenters. The Hall–Kier alpha value is -3.80. The van der Waals surface area contributed by atoms with Crippen LogP contribution in [0.4, 0.5) is 22.5 Å². The molecule has 0 aliphatic heterocycles. The van der Waals surface area contributed by atoms with Gasteiger partial charge in [0.2, 0.25) is 0 Å². The molecule has 0 fully saturated rings. The van der Waals surface area contributed by atoms with Crippen molar-refractivity contribution in [2.45, 2.75) is 13.8 Å². The molecule has 4 N–H and O–H groups in total. The second kappa shape index (κ2) is 10.6. The van der Waals surface area contributed by atoms with E-state index in [1.807, 2.05) is 19.1 Å². The van der Waals surface area contributed by atoms with Gasteiger partial charge in [0.1, 0.15) is 27.5 Å². The van der Waals surface area contributed by atoms with Crippen LogP contribution in [0.2, 0.25) is 10.2 Å². The molecule has 10 nitrogen and oxygen atoms in total. The number of aryl methyl sites for hydroxylation is 2. The quantitative estimate of drug-likeness (QED) is 0.194. The van der Waals surface area contributed by atoms with Gasteiger partial charge in [-0.05, 0) is 37.6 Å². The van der Waals surface area contributed by atoms with Gasteiger partial charge in [-0.1, -0.05) is 46.7 Å². The molecule has 0 unspecified atom stereocenters. The normalized spacial score (nSPS) is 10.5. The molecule has 0 spiro atoms. The summed E-state index contributed by atoms with van der Waals surface area (Å²) in [6.07, 6.45) is 2.95. The smallest absolute Gasteiger partial charge is 0.272 e. The van der Waals surface area contributed by atoms with Gasteiger partial charge in [-0.25, -0.2) is 19.9 Å². The van der Waals surface area contributed by atoms with Crippen LogP contribution in [0, 0.1) is 13.8 Å². The van der Waals surface area contributed by atoms with E-state index in [0.717, 1.165) is 16.9 Å². The first-order chi connectivity index (χ1) is 16.8. The Morgan fingerprint density at radius 1 is 0.971 bits per heavy atom. The van der Waals surface area contributed by atoms with E-state index in [9.17, 15) is 9.59 Å². The highest BCUT2D eigenvalue weighted by atomic mass is 35.5. The highest BCUT2D eigenvalue weighted by molar-refractivity contribution is 7.17. The molecule has 2 amide bonds. The number of nitrogens with zero attached hydrogens (tertiary/aromatic N) is 4. The molecule has 0 bridgehead atoms. The number of pyridine rings is 1. The maximum Gasteiger partial charge on any atom is 0.272 e. The largest absolute Gasteiger partial charge is 0.320 e. The van der Waals surface area contributed by atoms with Crippen LogP contribution in [-0.2, 0) is 0 Å². The molecule has 4 rings (SSSR count). The topological polar surface area (TPSA) is 134 Å². The SMILES string of the molecule is Cc1nc(NNC(=O)c2cccnc2Cl)cc(Nc2ncc(C(=O)Nc3c(C)cccc3Cl)s2)n1. The van der Waals surface area contributed by atoms with Crippen LogP contribution in [-0.4, -0.2) is 31.8 Å². The Bertz CT molecular complexity index is 1390. The average Bonchev–Trinajstić information content (AvgIpc) is 3.28. The first kappa shape index (κ1) is 24.3. The highest BCUT2D eigenvalue weighted by Gasteiger charge is 2.15. The zero-order valence-corrected chi connectivity index (χ0v) is 20.7. The van der Waals surface area contributed by atoms with Gasteiger partial charge in [0, 0.05) is 12.3 Å². The number of nitrogens with one attached hydrogen (secondary N) is 4. The number of para-hydroxylation sites is 1. The fourth-order valence-electron chi connectivity index (χ4n) is 2.95. The molecule has 4 aromatic rings. The van der Waals surface area contributed by atoms with Crippen molar-refractivity contribution in [3.8, 4) is 0 Å². The summed E-state index contributed by atoms with van der Waals surface area (Å²) < 4.78 is 0. The van der Waals surface area contributed by atoms with E-state index in [1.54, 1.807) is 31.2 Å². The Balaban J connectivity index is 1.42. The fraction of sp³-hybridized carbons (Fsp3) is 0.0909. The van der Waals surface area contributed by atoms with Crippen molar-refractivity contribution in [2.75, 3.05) is 16.1 Å². The Morgan fingerprint density at radius 3 is 2.54 bits per heavy atom. The van der Waals surface area contributed by atoms with Crippen molar-refractivity contribution in [3.05, 3.63) is 80.8 Å². The Labute approximate surface area is 214 Å². The molecule has 0 aliphatic carbocycles. The summed E-state index contributed by atoms with van der Waals surface area (Å²) in [5.74, 6) is 0.381. The van der Waals surface area contributed by atoms with E-state index in [1.165, 1.54) is 12.4 Å². The van der Waals surface area contributed by atoms with Gasteiger partial charge in [0.05, 0.1) is 22.5 Å². The lowest BCUT2D eigenvalue weighted by Crippen LogP contribution is -2.30. The van der Waals surface area contributed by atoms with Gasteiger partial charge in [-0.2, -0.15) is 0 Å². The molecule has 0 radical (unpaired) electrons. The molecule has 0 saturated carbocycles. The third-order valence-corrected chi connectivity index (χ3v) is 6.10. The first-order valence-electron chi connectivity index (χ1n) is 10.1. The summed E-state index contributed by atoms with van der Waals surface area (Å²) in [6, 6.07) is 10.1. The number of benzene rings is 1. The van der Waals surface area contributed by atoms with E-state index in [0.29, 0.717) is 38.2 Å². The van der Waals surface area contributed by atoms with Crippen LogP contribution in [0.15, 0.2) is 48.8 Å². The molecule has 0 aliphatic rings. The number of carbonyl (C=O) groups is 2. The number of anilines is 4. The van der Waals surface area contributed by atoms with E-state index < -0.39 is 5.91 Å².